The summed E-state index contributed by atoms with van der Waals surface area (Å²) in [5.74, 6) is -1.32. The molecule has 9 heteroatoms. The van der Waals surface area contributed by atoms with Crippen LogP contribution >= 0.6 is 0 Å². The molecule has 0 radical (unpaired) electrons. The van der Waals surface area contributed by atoms with Gasteiger partial charge in [-0.1, -0.05) is 6.92 Å². The molecule has 0 saturated heterocycles. The molecule has 0 saturated carbocycles. The fourth-order valence-corrected chi connectivity index (χ4v) is 1.91. The standard InChI is InChI=1S/C10H21N3O5S/c1-3-8(2)13(7-9(14)15)10(16)12-5-4-6-19(11,17)18/h8H,3-7H2,1-2H3,(H,12,16)(H,14,15)(H2,11,17,18). The van der Waals surface area contributed by atoms with E-state index in [2.05, 4.69) is 5.32 Å². The average molecular weight is 295 g/mol. The van der Waals surface area contributed by atoms with Crippen molar-refractivity contribution in [3.05, 3.63) is 0 Å². The van der Waals surface area contributed by atoms with Gasteiger partial charge < -0.3 is 15.3 Å². The van der Waals surface area contributed by atoms with Crippen LogP contribution < -0.4 is 10.5 Å². The molecular formula is C10H21N3O5S. The Kier molecular flexibility index (Phi) is 7.38. The molecule has 0 aliphatic carbocycles. The zero-order chi connectivity index (χ0) is 15.1. The van der Waals surface area contributed by atoms with Gasteiger partial charge in [0.15, 0.2) is 0 Å². The first-order chi connectivity index (χ1) is 8.67. The number of carbonyl (C=O) groups is 2. The van der Waals surface area contributed by atoms with E-state index in [9.17, 15) is 18.0 Å². The van der Waals surface area contributed by atoms with Crippen molar-refractivity contribution in [1.29, 1.82) is 0 Å². The Morgan fingerprint density at radius 3 is 2.42 bits per heavy atom. The zero-order valence-electron chi connectivity index (χ0n) is 11.1. The van der Waals surface area contributed by atoms with Crippen LogP contribution in [-0.4, -0.2) is 55.3 Å². The number of aliphatic carboxylic acids is 1. The Hall–Kier alpha value is -1.35. The lowest BCUT2D eigenvalue weighted by atomic mass is 10.2. The first-order valence-electron chi connectivity index (χ1n) is 5.94. The summed E-state index contributed by atoms with van der Waals surface area (Å²) in [7, 11) is -3.54. The second kappa shape index (κ2) is 7.95. The summed E-state index contributed by atoms with van der Waals surface area (Å²) in [5.41, 5.74) is 0. The van der Waals surface area contributed by atoms with Crippen LogP contribution in [0.2, 0.25) is 0 Å². The van der Waals surface area contributed by atoms with Gasteiger partial charge >= 0.3 is 12.0 Å². The second-order valence-corrected chi connectivity index (χ2v) is 5.97. The van der Waals surface area contributed by atoms with Crippen LogP contribution in [-0.2, 0) is 14.8 Å². The summed E-state index contributed by atoms with van der Waals surface area (Å²) in [5, 5.41) is 16.0. The van der Waals surface area contributed by atoms with Gasteiger partial charge in [-0.3, -0.25) is 4.79 Å². The molecule has 1 atom stereocenters. The highest BCUT2D eigenvalue weighted by Gasteiger charge is 2.21. The molecule has 0 aliphatic heterocycles. The third-order valence-corrected chi connectivity index (χ3v) is 3.43. The van der Waals surface area contributed by atoms with Crippen molar-refractivity contribution in [2.45, 2.75) is 32.7 Å². The summed E-state index contributed by atoms with van der Waals surface area (Å²) < 4.78 is 21.4. The number of carbonyl (C=O) groups excluding carboxylic acids is 1. The van der Waals surface area contributed by atoms with Crippen molar-refractivity contribution in [3.63, 3.8) is 0 Å². The van der Waals surface area contributed by atoms with Gasteiger partial charge in [-0.25, -0.2) is 18.4 Å². The number of carboxylic acids is 1. The highest BCUT2D eigenvalue weighted by molar-refractivity contribution is 7.89. The molecule has 0 aromatic carbocycles. The highest BCUT2D eigenvalue weighted by Crippen LogP contribution is 2.03. The molecule has 0 spiro atoms. The van der Waals surface area contributed by atoms with Crippen LogP contribution in [0.3, 0.4) is 0 Å². The number of carboxylic acid groups (broad SMARTS) is 1. The fraction of sp³-hybridized carbons (Fsp3) is 0.800. The zero-order valence-corrected chi connectivity index (χ0v) is 11.9. The number of amides is 2. The Bertz CT molecular complexity index is 409. The van der Waals surface area contributed by atoms with E-state index in [0.29, 0.717) is 6.42 Å². The van der Waals surface area contributed by atoms with Crippen LogP contribution in [0, 0.1) is 0 Å². The molecule has 0 bridgehead atoms. The Morgan fingerprint density at radius 2 is 2.00 bits per heavy atom. The van der Waals surface area contributed by atoms with Crippen LogP contribution in [0.25, 0.3) is 0 Å². The van der Waals surface area contributed by atoms with Crippen LogP contribution in [0.15, 0.2) is 0 Å². The van der Waals surface area contributed by atoms with Crippen LogP contribution in [0.1, 0.15) is 26.7 Å². The van der Waals surface area contributed by atoms with E-state index in [1.54, 1.807) is 6.92 Å². The van der Waals surface area contributed by atoms with Gasteiger partial charge in [0.1, 0.15) is 6.54 Å². The lowest BCUT2D eigenvalue weighted by molar-refractivity contribution is -0.138. The first-order valence-corrected chi connectivity index (χ1v) is 7.65. The molecule has 112 valence electrons. The van der Waals surface area contributed by atoms with E-state index in [-0.39, 0.29) is 24.8 Å². The molecule has 1 unspecified atom stereocenters. The van der Waals surface area contributed by atoms with E-state index in [1.165, 1.54) is 4.90 Å². The number of nitrogens with one attached hydrogen (secondary N) is 1. The minimum Gasteiger partial charge on any atom is -0.480 e. The lowest BCUT2D eigenvalue weighted by Crippen LogP contribution is -2.47. The van der Waals surface area contributed by atoms with Gasteiger partial charge in [0.25, 0.3) is 0 Å². The van der Waals surface area contributed by atoms with E-state index >= 15 is 0 Å². The number of rotatable bonds is 8. The molecule has 0 rings (SSSR count). The minimum absolute atomic E-state index is 0.127. The fourth-order valence-electron chi connectivity index (χ4n) is 1.36. The van der Waals surface area contributed by atoms with Gasteiger partial charge in [0.05, 0.1) is 5.75 Å². The number of urea groups is 1. The van der Waals surface area contributed by atoms with Crippen molar-refractivity contribution in [2.24, 2.45) is 5.14 Å². The predicted molar refractivity (Wildman–Crippen MR) is 70.1 cm³/mol. The van der Waals surface area contributed by atoms with Crippen molar-refractivity contribution in [1.82, 2.24) is 10.2 Å². The lowest BCUT2D eigenvalue weighted by Gasteiger charge is -2.27. The molecule has 0 aromatic heterocycles. The highest BCUT2D eigenvalue weighted by atomic mass is 32.2. The van der Waals surface area contributed by atoms with Gasteiger partial charge in [0.2, 0.25) is 10.0 Å². The summed E-state index contributed by atoms with van der Waals surface area (Å²) in [6, 6.07) is -0.736. The normalized spacial score (nSPS) is 12.8. The van der Waals surface area contributed by atoms with Crippen molar-refractivity contribution in [3.8, 4) is 0 Å². The number of nitrogens with two attached hydrogens (primary N) is 1. The molecule has 0 heterocycles. The Morgan fingerprint density at radius 1 is 1.42 bits per heavy atom. The predicted octanol–water partition coefficient (Wildman–Crippen LogP) is -0.440. The van der Waals surface area contributed by atoms with Crippen molar-refractivity contribution in [2.75, 3.05) is 18.8 Å². The van der Waals surface area contributed by atoms with E-state index < -0.39 is 28.6 Å². The molecule has 19 heavy (non-hydrogen) atoms. The van der Waals surface area contributed by atoms with Gasteiger partial charge in [0, 0.05) is 12.6 Å². The first kappa shape index (κ1) is 17.6. The summed E-state index contributed by atoms with van der Waals surface area (Å²) in [6.45, 7) is 3.32. The quantitative estimate of drug-likeness (QED) is 0.523. The average Bonchev–Trinajstić information content (AvgIpc) is 2.29. The molecule has 4 N–H and O–H groups in total. The molecular weight excluding hydrogens is 274 g/mol. The third-order valence-electron chi connectivity index (χ3n) is 2.57. The molecule has 2 amide bonds. The number of primary sulfonamides is 1. The van der Waals surface area contributed by atoms with Crippen LogP contribution in [0.5, 0.6) is 0 Å². The van der Waals surface area contributed by atoms with E-state index in [0.717, 1.165) is 0 Å². The summed E-state index contributed by atoms with van der Waals surface area (Å²) in [4.78, 5) is 23.6. The monoisotopic (exact) mass is 295 g/mol. The van der Waals surface area contributed by atoms with Gasteiger partial charge in [-0.2, -0.15) is 0 Å². The molecule has 8 nitrogen and oxygen atoms in total. The molecule has 0 aromatic rings. The maximum absolute atomic E-state index is 11.8. The van der Waals surface area contributed by atoms with Gasteiger partial charge in [-0.05, 0) is 19.8 Å². The number of hydrogen-bond acceptors (Lipinski definition) is 4. The number of sulfonamides is 1. The molecule has 0 fully saturated rings. The van der Waals surface area contributed by atoms with Gasteiger partial charge in [-0.15, -0.1) is 0 Å². The SMILES string of the molecule is CCC(C)N(CC(=O)O)C(=O)NCCCS(N)(=O)=O. The smallest absolute Gasteiger partial charge is 0.323 e. The number of hydrogen-bond donors (Lipinski definition) is 3. The summed E-state index contributed by atoms with van der Waals surface area (Å²) >= 11 is 0. The van der Waals surface area contributed by atoms with Crippen LogP contribution in [0.4, 0.5) is 4.79 Å². The third kappa shape index (κ3) is 8.38. The maximum Gasteiger partial charge on any atom is 0.323 e. The largest absolute Gasteiger partial charge is 0.480 e. The topological polar surface area (TPSA) is 130 Å². The molecule has 0 aliphatic rings. The van der Waals surface area contributed by atoms with E-state index in [1.807, 2.05) is 6.92 Å². The second-order valence-electron chi connectivity index (χ2n) is 4.23. The summed E-state index contributed by atoms with van der Waals surface area (Å²) in [6.07, 6.45) is 0.809. The van der Waals surface area contributed by atoms with E-state index in [4.69, 9.17) is 10.2 Å². The Balaban J connectivity index is 4.29. The maximum atomic E-state index is 11.8. The number of nitrogens with zero attached hydrogens (tertiary/aromatic N) is 1. The van der Waals surface area contributed by atoms with Crippen molar-refractivity contribution < 1.29 is 23.1 Å². The Labute approximate surface area is 113 Å². The van der Waals surface area contributed by atoms with Crippen molar-refractivity contribution >= 4 is 22.0 Å². The minimum atomic E-state index is -3.54.